The zero-order valence-corrected chi connectivity index (χ0v) is 22.8. The number of piperazine rings is 1. The standard InChI is InChI=1S/C29H34FN7O3/c1-4-29(38)34-23-16-24(26(39-3)17-25(23)36-11-9-35(2)10-12-36)33-27-18-28(32-19-31-27)37-22(8-13-40-37)15-20-6-5-7-21(30)14-20/h4-7,14,16-19,22H,1,8-13,15H2,2-3H3,(H,34,38)(H,31,32,33)/t22-/m1/s1. The van der Waals surface area contributed by atoms with Crippen LogP contribution in [0.4, 0.5) is 33.1 Å². The van der Waals surface area contributed by atoms with Gasteiger partial charge < -0.3 is 25.2 Å². The number of nitrogens with one attached hydrogen (secondary N) is 2. The highest BCUT2D eigenvalue weighted by molar-refractivity contribution is 6.02. The molecule has 2 aromatic carbocycles. The Balaban J connectivity index is 1.40. The third-order valence-corrected chi connectivity index (χ3v) is 7.12. The fourth-order valence-electron chi connectivity index (χ4n) is 4.99. The van der Waals surface area contributed by atoms with Gasteiger partial charge in [-0.3, -0.25) is 9.63 Å². The SMILES string of the molecule is C=CC(=O)Nc1cc(Nc2cc(N3OCC[C@@H]3Cc3cccc(F)c3)ncn2)c(OC)cc1N1CCN(C)CC1. The zero-order valence-electron chi connectivity index (χ0n) is 22.8. The molecule has 0 radical (unpaired) electrons. The lowest BCUT2D eigenvalue weighted by atomic mass is 10.0. The quantitative estimate of drug-likeness (QED) is 0.386. The van der Waals surface area contributed by atoms with Crippen molar-refractivity contribution >= 4 is 34.6 Å². The van der Waals surface area contributed by atoms with E-state index in [1.807, 2.05) is 18.2 Å². The van der Waals surface area contributed by atoms with Crippen LogP contribution in [0.3, 0.4) is 0 Å². The van der Waals surface area contributed by atoms with Crippen LogP contribution in [0.2, 0.25) is 0 Å². The van der Waals surface area contributed by atoms with Gasteiger partial charge in [-0.25, -0.2) is 19.4 Å². The van der Waals surface area contributed by atoms with Crippen molar-refractivity contribution in [3.63, 3.8) is 0 Å². The number of carbonyl (C=O) groups excluding carboxylic acids is 1. The molecule has 10 nitrogen and oxygen atoms in total. The summed E-state index contributed by atoms with van der Waals surface area (Å²) in [6, 6.07) is 12.2. The van der Waals surface area contributed by atoms with E-state index < -0.39 is 0 Å². The van der Waals surface area contributed by atoms with E-state index in [2.05, 4.69) is 44.0 Å². The smallest absolute Gasteiger partial charge is 0.247 e. The molecule has 2 fully saturated rings. The average Bonchev–Trinajstić information content (AvgIpc) is 3.42. The molecule has 3 aromatic rings. The summed E-state index contributed by atoms with van der Waals surface area (Å²) in [5.74, 6) is 1.16. The summed E-state index contributed by atoms with van der Waals surface area (Å²) < 4.78 is 19.5. The number of halogens is 1. The Bertz CT molecular complexity index is 1360. The molecule has 3 heterocycles. The Morgan fingerprint density at radius 2 is 2.00 bits per heavy atom. The normalized spacial score (nSPS) is 17.5. The highest BCUT2D eigenvalue weighted by atomic mass is 19.1. The number of amides is 1. The van der Waals surface area contributed by atoms with Crippen LogP contribution in [0, 0.1) is 5.82 Å². The van der Waals surface area contributed by atoms with Crippen LogP contribution >= 0.6 is 0 Å². The minimum Gasteiger partial charge on any atom is -0.494 e. The minimum absolute atomic E-state index is 0.00248. The maximum atomic E-state index is 13.7. The van der Waals surface area contributed by atoms with Crippen molar-refractivity contribution in [3.8, 4) is 5.75 Å². The molecule has 1 aromatic heterocycles. The van der Waals surface area contributed by atoms with Gasteiger partial charge in [-0.2, -0.15) is 0 Å². The van der Waals surface area contributed by atoms with Crippen molar-refractivity contribution in [2.24, 2.45) is 0 Å². The zero-order chi connectivity index (χ0) is 28.1. The molecule has 0 saturated carbocycles. The highest BCUT2D eigenvalue weighted by Crippen LogP contribution is 2.39. The fourth-order valence-corrected chi connectivity index (χ4v) is 4.99. The van der Waals surface area contributed by atoms with Crippen LogP contribution in [0.25, 0.3) is 0 Å². The molecular formula is C29H34FN7O3. The Labute approximate surface area is 233 Å². The lowest BCUT2D eigenvalue weighted by Gasteiger charge is -2.35. The molecule has 2 aliphatic rings. The first-order chi connectivity index (χ1) is 19.4. The van der Waals surface area contributed by atoms with E-state index in [0.29, 0.717) is 41.8 Å². The van der Waals surface area contributed by atoms with Gasteiger partial charge >= 0.3 is 0 Å². The monoisotopic (exact) mass is 547 g/mol. The van der Waals surface area contributed by atoms with Crippen molar-refractivity contribution in [3.05, 3.63) is 72.8 Å². The molecule has 0 aliphatic carbocycles. The molecule has 1 atom stereocenters. The number of ether oxygens (including phenoxy) is 1. The van der Waals surface area contributed by atoms with Gasteiger partial charge in [0.1, 0.15) is 23.7 Å². The molecular weight excluding hydrogens is 513 g/mol. The Morgan fingerprint density at radius 3 is 2.75 bits per heavy atom. The van der Waals surface area contributed by atoms with Gasteiger partial charge in [-0.1, -0.05) is 18.7 Å². The van der Waals surface area contributed by atoms with E-state index in [1.165, 1.54) is 18.5 Å². The van der Waals surface area contributed by atoms with E-state index in [4.69, 9.17) is 9.57 Å². The number of methoxy groups -OCH3 is 1. The number of nitrogens with zero attached hydrogens (tertiary/aromatic N) is 5. The largest absolute Gasteiger partial charge is 0.494 e. The fraction of sp³-hybridized carbons (Fsp3) is 0.345. The van der Waals surface area contributed by atoms with Gasteiger partial charge in [0.25, 0.3) is 0 Å². The topological polar surface area (TPSA) is 95.1 Å². The number of hydroxylamine groups is 1. The maximum Gasteiger partial charge on any atom is 0.247 e. The second kappa shape index (κ2) is 12.3. The second-order valence-corrected chi connectivity index (χ2v) is 9.88. The van der Waals surface area contributed by atoms with Crippen molar-refractivity contribution < 1.29 is 18.8 Å². The highest BCUT2D eigenvalue weighted by Gasteiger charge is 2.28. The van der Waals surface area contributed by atoms with Gasteiger partial charge in [0, 0.05) is 38.3 Å². The van der Waals surface area contributed by atoms with Crippen LogP contribution in [0.5, 0.6) is 5.75 Å². The van der Waals surface area contributed by atoms with Crippen molar-refractivity contribution in [2.75, 3.05) is 67.5 Å². The van der Waals surface area contributed by atoms with Gasteiger partial charge in [-0.15, -0.1) is 0 Å². The van der Waals surface area contributed by atoms with Crippen LogP contribution in [0.15, 0.2) is 61.4 Å². The van der Waals surface area contributed by atoms with E-state index in [0.717, 1.165) is 43.9 Å². The average molecular weight is 548 g/mol. The summed E-state index contributed by atoms with van der Waals surface area (Å²) in [5, 5.41) is 8.02. The van der Waals surface area contributed by atoms with Gasteiger partial charge in [-0.05, 0) is 49.7 Å². The van der Waals surface area contributed by atoms with Gasteiger partial charge in [0.2, 0.25) is 5.91 Å². The summed E-state index contributed by atoms with van der Waals surface area (Å²) in [4.78, 5) is 31.5. The number of carbonyl (C=O) groups is 1. The molecule has 2 N–H and O–H groups in total. The van der Waals surface area contributed by atoms with E-state index in [9.17, 15) is 9.18 Å². The number of hydrogen-bond acceptors (Lipinski definition) is 9. The minimum atomic E-state index is -0.300. The van der Waals surface area contributed by atoms with Crippen LogP contribution < -0.4 is 25.3 Å². The lowest BCUT2D eigenvalue weighted by Crippen LogP contribution is -2.44. The van der Waals surface area contributed by atoms with Crippen molar-refractivity contribution in [1.82, 2.24) is 14.9 Å². The number of likely N-dealkylation sites (N-methyl/N-ethyl adjacent to an activating group) is 1. The first-order valence-electron chi connectivity index (χ1n) is 13.3. The third kappa shape index (κ3) is 6.32. The number of rotatable bonds is 9. The Kier molecular flexibility index (Phi) is 8.42. The first kappa shape index (κ1) is 27.4. The van der Waals surface area contributed by atoms with Crippen molar-refractivity contribution in [1.29, 1.82) is 0 Å². The number of anilines is 5. The van der Waals surface area contributed by atoms with E-state index >= 15 is 0 Å². The first-order valence-corrected chi connectivity index (χ1v) is 13.3. The molecule has 1 amide bonds. The van der Waals surface area contributed by atoms with Crippen LogP contribution in [0.1, 0.15) is 12.0 Å². The molecule has 0 unspecified atom stereocenters. The lowest BCUT2D eigenvalue weighted by molar-refractivity contribution is -0.111. The molecule has 40 heavy (non-hydrogen) atoms. The molecule has 2 saturated heterocycles. The van der Waals surface area contributed by atoms with Crippen LogP contribution in [-0.4, -0.2) is 73.8 Å². The molecule has 5 rings (SSSR count). The molecule has 210 valence electrons. The van der Waals surface area contributed by atoms with Crippen LogP contribution in [-0.2, 0) is 16.1 Å². The van der Waals surface area contributed by atoms with Gasteiger partial charge in [0.15, 0.2) is 5.82 Å². The molecule has 0 bridgehead atoms. The summed E-state index contributed by atoms with van der Waals surface area (Å²) in [7, 11) is 3.70. The predicted octanol–water partition coefficient (Wildman–Crippen LogP) is 4.00. The third-order valence-electron chi connectivity index (χ3n) is 7.12. The number of hydrogen-bond donors (Lipinski definition) is 2. The van der Waals surface area contributed by atoms with E-state index in [-0.39, 0.29) is 17.8 Å². The molecule has 11 heteroatoms. The Hall–Kier alpha value is -4.22. The van der Waals surface area contributed by atoms with E-state index in [1.54, 1.807) is 30.4 Å². The maximum absolute atomic E-state index is 13.7. The van der Waals surface area contributed by atoms with Gasteiger partial charge in [0.05, 0.1) is 36.8 Å². The summed E-state index contributed by atoms with van der Waals surface area (Å²) in [6.45, 7) is 7.62. The number of benzene rings is 2. The molecule has 2 aliphatic heterocycles. The predicted molar refractivity (Wildman–Crippen MR) is 154 cm³/mol. The summed E-state index contributed by atoms with van der Waals surface area (Å²) in [6.07, 6.45) is 4.12. The summed E-state index contributed by atoms with van der Waals surface area (Å²) in [5.41, 5.74) is 3.04. The number of aromatic nitrogens is 2. The second-order valence-electron chi connectivity index (χ2n) is 9.88. The van der Waals surface area contributed by atoms with Crippen molar-refractivity contribution in [2.45, 2.75) is 18.9 Å². The summed E-state index contributed by atoms with van der Waals surface area (Å²) >= 11 is 0. The molecule has 0 spiro atoms. The Morgan fingerprint density at radius 1 is 1.18 bits per heavy atom.